The van der Waals surface area contributed by atoms with E-state index in [-0.39, 0.29) is 5.56 Å². The summed E-state index contributed by atoms with van der Waals surface area (Å²) in [4.78, 5) is 0. The summed E-state index contributed by atoms with van der Waals surface area (Å²) in [6.45, 7) is 0. The molecule has 0 spiro atoms. The first-order chi connectivity index (χ1) is 10.3. The molecule has 0 aliphatic heterocycles. The maximum atomic E-state index is 13.8. The Kier molecular flexibility index (Phi) is 4.89. The molecular formula is C13H7F5O3S. The Morgan fingerprint density at radius 2 is 1.32 bits per heavy atom. The van der Waals surface area contributed by atoms with E-state index in [4.69, 9.17) is 4.55 Å². The van der Waals surface area contributed by atoms with Crippen molar-refractivity contribution >= 4 is 11.4 Å². The van der Waals surface area contributed by atoms with Gasteiger partial charge in [-0.25, -0.2) is 22.0 Å². The highest BCUT2D eigenvalue weighted by Crippen LogP contribution is 2.34. The van der Waals surface area contributed by atoms with E-state index >= 15 is 0 Å². The molecule has 1 N–H and O–H groups in total. The minimum absolute atomic E-state index is 0.0619. The lowest BCUT2D eigenvalue weighted by atomic mass is 10.00. The molecule has 0 amide bonds. The molecule has 0 heterocycles. The van der Waals surface area contributed by atoms with Gasteiger partial charge in [-0.2, -0.15) is 4.21 Å². The van der Waals surface area contributed by atoms with Gasteiger partial charge < -0.3 is 0 Å². The first-order valence-corrected chi connectivity index (χ1v) is 6.72. The van der Waals surface area contributed by atoms with Crippen LogP contribution < -0.4 is 0 Å². The summed E-state index contributed by atoms with van der Waals surface area (Å²) >= 11 is -3.00. The average Bonchev–Trinajstić information content (AvgIpc) is 2.50. The van der Waals surface area contributed by atoms with Crippen LogP contribution in [0.15, 0.2) is 30.3 Å². The molecule has 0 aliphatic carbocycles. The molecule has 3 nitrogen and oxygen atoms in total. The van der Waals surface area contributed by atoms with Gasteiger partial charge in [0.1, 0.15) is 6.10 Å². The molecule has 0 radical (unpaired) electrons. The highest BCUT2D eigenvalue weighted by atomic mass is 32.2. The summed E-state index contributed by atoms with van der Waals surface area (Å²) in [7, 11) is 0. The van der Waals surface area contributed by atoms with Crippen LogP contribution in [-0.4, -0.2) is 8.76 Å². The molecule has 118 valence electrons. The van der Waals surface area contributed by atoms with Gasteiger partial charge in [0.05, 0.1) is 5.56 Å². The molecule has 0 bridgehead atoms. The van der Waals surface area contributed by atoms with E-state index in [1.54, 1.807) is 0 Å². The molecular weight excluding hydrogens is 331 g/mol. The quantitative estimate of drug-likeness (QED) is 0.401. The molecule has 0 aromatic heterocycles. The number of halogens is 5. The highest BCUT2D eigenvalue weighted by molar-refractivity contribution is 7.74. The van der Waals surface area contributed by atoms with Gasteiger partial charge >= 0.3 is 11.4 Å². The molecule has 2 atom stereocenters. The molecule has 9 heteroatoms. The van der Waals surface area contributed by atoms with E-state index in [1.807, 2.05) is 0 Å². The second-order valence-corrected chi connectivity index (χ2v) is 4.71. The topological polar surface area (TPSA) is 46.5 Å². The lowest BCUT2D eigenvalue weighted by Gasteiger charge is -2.18. The molecule has 2 unspecified atom stereocenters. The van der Waals surface area contributed by atoms with Gasteiger partial charge in [-0.15, -0.1) is 0 Å². The van der Waals surface area contributed by atoms with E-state index in [2.05, 4.69) is 4.18 Å². The van der Waals surface area contributed by atoms with Gasteiger partial charge in [0, 0.05) is 0 Å². The van der Waals surface area contributed by atoms with Crippen molar-refractivity contribution in [3.8, 4) is 0 Å². The van der Waals surface area contributed by atoms with Crippen LogP contribution in [0.4, 0.5) is 22.0 Å². The normalized spacial score (nSPS) is 13.9. The van der Waals surface area contributed by atoms with Gasteiger partial charge in [-0.3, -0.25) is 8.74 Å². The van der Waals surface area contributed by atoms with Crippen molar-refractivity contribution in [3.63, 3.8) is 0 Å². The Balaban J connectivity index is 2.70. The van der Waals surface area contributed by atoms with Crippen LogP contribution in [0.5, 0.6) is 0 Å². The van der Waals surface area contributed by atoms with Gasteiger partial charge in [0.2, 0.25) is 5.82 Å². The van der Waals surface area contributed by atoms with E-state index in [0.29, 0.717) is 0 Å². The van der Waals surface area contributed by atoms with Crippen LogP contribution in [0, 0.1) is 29.1 Å². The Hall–Kier alpha value is -1.84. The molecule has 0 fully saturated rings. The van der Waals surface area contributed by atoms with Crippen molar-refractivity contribution in [2.24, 2.45) is 0 Å². The van der Waals surface area contributed by atoms with E-state index in [0.717, 1.165) is 0 Å². The molecule has 2 rings (SSSR count). The fourth-order valence-corrected chi connectivity index (χ4v) is 2.20. The molecule has 0 aliphatic rings. The van der Waals surface area contributed by atoms with Gasteiger partial charge in [-0.05, 0) is 5.56 Å². The highest BCUT2D eigenvalue weighted by Gasteiger charge is 2.32. The summed E-state index contributed by atoms with van der Waals surface area (Å²) in [5, 5.41) is 0. The number of rotatable bonds is 4. The SMILES string of the molecule is O=S(O)OC(c1ccccc1)c1c(F)c(F)c(F)c(F)c1F. The summed E-state index contributed by atoms with van der Waals surface area (Å²) in [6.07, 6.45) is -1.95. The third kappa shape index (κ3) is 3.01. The van der Waals surface area contributed by atoms with Crippen molar-refractivity contribution in [2.75, 3.05) is 0 Å². The fourth-order valence-electron chi connectivity index (χ4n) is 1.83. The van der Waals surface area contributed by atoms with E-state index < -0.39 is 52.1 Å². The molecule has 2 aromatic carbocycles. The Labute approximate surface area is 123 Å². The zero-order chi connectivity index (χ0) is 16.4. The Bertz CT molecular complexity index is 694. The zero-order valence-electron chi connectivity index (χ0n) is 10.5. The molecule has 0 saturated carbocycles. The predicted octanol–water partition coefficient (Wildman–Crippen LogP) is 3.62. The standard InChI is InChI=1S/C13H7F5O3S/c14-8-7(9(15)11(17)12(18)10(8)16)13(21-22(19)20)6-4-2-1-3-5-6/h1-5,13H,(H,19,20). The summed E-state index contributed by atoms with van der Waals surface area (Å²) < 4.78 is 91.2. The summed E-state index contributed by atoms with van der Waals surface area (Å²) in [5.41, 5.74) is -1.40. The molecule has 0 saturated heterocycles. The van der Waals surface area contributed by atoms with Crippen LogP contribution in [0.25, 0.3) is 0 Å². The summed E-state index contributed by atoms with van der Waals surface area (Å²) in [5.74, 6) is -10.9. The van der Waals surface area contributed by atoms with E-state index in [9.17, 15) is 26.2 Å². The maximum absolute atomic E-state index is 13.8. The monoisotopic (exact) mass is 338 g/mol. The fraction of sp³-hybridized carbons (Fsp3) is 0.0769. The zero-order valence-corrected chi connectivity index (χ0v) is 11.3. The van der Waals surface area contributed by atoms with Crippen molar-refractivity contribution in [2.45, 2.75) is 6.10 Å². The number of benzene rings is 2. The summed E-state index contributed by atoms with van der Waals surface area (Å²) in [6, 6.07) is 6.82. The first kappa shape index (κ1) is 16.5. The van der Waals surface area contributed by atoms with Crippen molar-refractivity contribution < 1.29 is 34.9 Å². The van der Waals surface area contributed by atoms with Crippen LogP contribution in [-0.2, 0) is 15.5 Å². The van der Waals surface area contributed by atoms with Crippen LogP contribution in [0.2, 0.25) is 0 Å². The Morgan fingerprint density at radius 1 is 0.864 bits per heavy atom. The second-order valence-electron chi connectivity index (χ2n) is 4.09. The van der Waals surface area contributed by atoms with Gasteiger partial charge in [-0.1, -0.05) is 30.3 Å². The minimum Gasteiger partial charge on any atom is -0.284 e. The first-order valence-electron chi connectivity index (χ1n) is 5.68. The average molecular weight is 338 g/mol. The van der Waals surface area contributed by atoms with Crippen molar-refractivity contribution in [1.29, 1.82) is 0 Å². The van der Waals surface area contributed by atoms with E-state index in [1.165, 1.54) is 30.3 Å². The van der Waals surface area contributed by atoms with Crippen molar-refractivity contribution in [1.82, 2.24) is 0 Å². The Morgan fingerprint density at radius 3 is 1.77 bits per heavy atom. The van der Waals surface area contributed by atoms with Gasteiger partial charge in [0.25, 0.3) is 0 Å². The molecule has 2 aromatic rings. The third-order valence-corrected chi connectivity index (χ3v) is 3.14. The van der Waals surface area contributed by atoms with Gasteiger partial charge in [0.15, 0.2) is 23.3 Å². The molecule has 22 heavy (non-hydrogen) atoms. The number of hydrogen-bond acceptors (Lipinski definition) is 2. The predicted molar refractivity (Wildman–Crippen MR) is 66.4 cm³/mol. The number of hydrogen-bond donors (Lipinski definition) is 1. The minimum atomic E-state index is -3.00. The van der Waals surface area contributed by atoms with Crippen LogP contribution in [0.3, 0.4) is 0 Å². The second kappa shape index (κ2) is 6.51. The maximum Gasteiger partial charge on any atom is 0.302 e. The lowest BCUT2D eigenvalue weighted by molar-refractivity contribution is 0.228. The smallest absolute Gasteiger partial charge is 0.284 e. The lowest BCUT2D eigenvalue weighted by Crippen LogP contribution is -2.16. The third-order valence-electron chi connectivity index (χ3n) is 2.79. The largest absolute Gasteiger partial charge is 0.302 e. The van der Waals surface area contributed by atoms with Crippen molar-refractivity contribution in [3.05, 3.63) is 70.5 Å². The van der Waals surface area contributed by atoms with Crippen LogP contribution in [0.1, 0.15) is 17.2 Å². The van der Waals surface area contributed by atoms with Crippen LogP contribution >= 0.6 is 0 Å².